The SMILES string of the molecule is CC[C@H](C)NC(=O)[C@@H](C)N(Cc1ccccc1Cl)C(=O)CN(c1ccc(C)cc1)S(=O)(=O)c1ccc(OC)c(OC)c1. The van der Waals surface area contributed by atoms with Crippen molar-refractivity contribution in [1.82, 2.24) is 10.2 Å². The van der Waals surface area contributed by atoms with Crippen LogP contribution in [0, 0.1) is 6.92 Å². The third-order valence-electron chi connectivity index (χ3n) is 7.01. The fraction of sp³-hybridized carbons (Fsp3) is 0.355. The third kappa shape index (κ3) is 7.74. The number of ether oxygens (including phenoxy) is 2. The molecule has 0 saturated carbocycles. The second-order valence-electron chi connectivity index (χ2n) is 9.97. The molecular formula is C31H38ClN3O6S. The Kier molecular flexibility index (Phi) is 11.2. The van der Waals surface area contributed by atoms with E-state index in [1.807, 2.05) is 20.8 Å². The number of nitrogens with one attached hydrogen (secondary N) is 1. The summed E-state index contributed by atoms with van der Waals surface area (Å²) in [5, 5.41) is 3.34. The van der Waals surface area contributed by atoms with E-state index >= 15 is 0 Å². The van der Waals surface area contributed by atoms with Crippen molar-refractivity contribution in [2.75, 3.05) is 25.1 Å². The number of benzene rings is 3. The van der Waals surface area contributed by atoms with Crippen LogP contribution in [-0.4, -0.2) is 58.0 Å². The topological polar surface area (TPSA) is 105 Å². The molecule has 0 radical (unpaired) electrons. The van der Waals surface area contributed by atoms with Gasteiger partial charge in [-0.3, -0.25) is 13.9 Å². The first-order valence-corrected chi connectivity index (χ1v) is 15.4. The van der Waals surface area contributed by atoms with Gasteiger partial charge < -0.3 is 19.7 Å². The molecule has 0 spiro atoms. The molecule has 0 fully saturated rings. The Morgan fingerprint density at radius 3 is 2.19 bits per heavy atom. The molecule has 2 atom stereocenters. The summed E-state index contributed by atoms with van der Waals surface area (Å²) in [6.07, 6.45) is 0.710. The Labute approximate surface area is 253 Å². The normalized spacial score (nSPS) is 12.6. The first kappa shape index (κ1) is 32.8. The van der Waals surface area contributed by atoms with Gasteiger partial charge >= 0.3 is 0 Å². The highest BCUT2D eigenvalue weighted by Gasteiger charge is 2.33. The molecule has 9 nitrogen and oxygen atoms in total. The molecule has 0 bridgehead atoms. The Bertz CT molecular complexity index is 1500. The van der Waals surface area contributed by atoms with Crippen molar-refractivity contribution in [2.45, 2.75) is 57.6 Å². The lowest BCUT2D eigenvalue weighted by molar-refractivity contribution is -0.139. The van der Waals surface area contributed by atoms with Crippen LogP contribution in [0.1, 0.15) is 38.3 Å². The number of sulfonamides is 1. The fourth-order valence-corrected chi connectivity index (χ4v) is 5.83. The summed E-state index contributed by atoms with van der Waals surface area (Å²) < 4.78 is 39.8. The van der Waals surface area contributed by atoms with Crippen LogP contribution in [0.2, 0.25) is 5.02 Å². The number of methoxy groups -OCH3 is 2. The van der Waals surface area contributed by atoms with Crippen LogP contribution in [0.4, 0.5) is 5.69 Å². The first-order chi connectivity index (χ1) is 19.9. The summed E-state index contributed by atoms with van der Waals surface area (Å²) in [5.41, 5.74) is 1.84. The Hall–Kier alpha value is -3.76. The van der Waals surface area contributed by atoms with Gasteiger partial charge in [-0.25, -0.2) is 8.42 Å². The van der Waals surface area contributed by atoms with Crippen molar-refractivity contribution in [1.29, 1.82) is 0 Å². The van der Waals surface area contributed by atoms with Gasteiger partial charge in [0.15, 0.2) is 11.5 Å². The van der Waals surface area contributed by atoms with Gasteiger partial charge in [-0.15, -0.1) is 0 Å². The zero-order valence-electron chi connectivity index (χ0n) is 24.8. The number of rotatable bonds is 13. The smallest absolute Gasteiger partial charge is 0.264 e. The quantitative estimate of drug-likeness (QED) is 0.284. The average molecular weight is 616 g/mol. The highest BCUT2D eigenvalue weighted by molar-refractivity contribution is 7.92. The lowest BCUT2D eigenvalue weighted by Gasteiger charge is -2.32. The number of hydrogen-bond acceptors (Lipinski definition) is 6. The van der Waals surface area contributed by atoms with Crippen molar-refractivity contribution < 1.29 is 27.5 Å². The van der Waals surface area contributed by atoms with Crippen LogP contribution in [0.5, 0.6) is 11.5 Å². The standard InChI is InChI=1S/C31H38ClN3O6S/c1-7-22(3)33-31(37)23(4)34(19-24-10-8-9-11-27(24)32)30(36)20-35(25-14-12-21(2)13-15-25)42(38,39)26-16-17-28(40-5)29(18-26)41-6/h8-18,22-23H,7,19-20H2,1-6H3,(H,33,37)/t22-,23+/m0/s1. The fourth-order valence-electron chi connectivity index (χ4n) is 4.20. The van der Waals surface area contributed by atoms with Crippen molar-refractivity contribution in [3.05, 3.63) is 82.9 Å². The predicted octanol–water partition coefficient (Wildman–Crippen LogP) is 5.19. The number of amides is 2. The lowest BCUT2D eigenvalue weighted by Crippen LogP contribution is -2.52. The van der Waals surface area contributed by atoms with Gasteiger partial charge in [-0.1, -0.05) is 54.4 Å². The maximum absolute atomic E-state index is 14.1. The van der Waals surface area contributed by atoms with Crippen LogP contribution in [0.25, 0.3) is 0 Å². The summed E-state index contributed by atoms with van der Waals surface area (Å²) in [4.78, 5) is 28.5. The van der Waals surface area contributed by atoms with E-state index < -0.39 is 28.5 Å². The number of hydrogen-bond donors (Lipinski definition) is 1. The van der Waals surface area contributed by atoms with Crippen LogP contribution < -0.4 is 19.1 Å². The van der Waals surface area contributed by atoms with Crippen LogP contribution in [0.15, 0.2) is 71.6 Å². The second kappa shape index (κ2) is 14.4. The van der Waals surface area contributed by atoms with Gasteiger partial charge in [0.05, 0.1) is 24.8 Å². The van der Waals surface area contributed by atoms with Gasteiger partial charge in [-0.2, -0.15) is 0 Å². The molecular weight excluding hydrogens is 578 g/mol. The minimum absolute atomic E-state index is 0.00570. The number of halogens is 1. The van der Waals surface area contributed by atoms with Crippen LogP contribution >= 0.6 is 11.6 Å². The molecule has 11 heteroatoms. The largest absolute Gasteiger partial charge is 0.493 e. The van der Waals surface area contributed by atoms with Crippen molar-refractivity contribution in [3.63, 3.8) is 0 Å². The molecule has 0 aliphatic rings. The molecule has 3 rings (SSSR count). The van der Waals surface area contributed by atoms with Gasteiger partial charge in [0, 0.05) is 23.7 Å². The van der Waals surface area contributed by atoms with Gasteiger partial charge in [0.2, 0.25) is 11.8 Å². The highest BCUT2D eigenvalue weighted by atomic mass is 35.5. The van der Waals surface area contributed by atoms with Crippen molar-refractivity contribution in [3.8, 4) is 11.5 Å². The minimum atomic E-state index is -4.28. The third-order valence-corrected chi connectivity index (χ3v) is 9.15. The molecule has 3 aromatic rings. The van der Waals surface area contributed by atoms with E-state index in [-0.39, 0.29) is 34.8 Å². The zero-order valence-corrected chi connectivity index (χ0v) is 26.3. The number of nitrogens with zero attached hydrogens (tertiary/aromatic N) is 2. The zero-order chi connectivity index (χ0) is 31.0. The van der Waals surface area contributed by atoms with Gasteiger partial charge in [0.1, 0.15) is 12.6 Å². The Balaban J connectivity index is 2.07. The number of carbonyl (C=O) groups is 2. The monoisotopic (exact) mass is 615 g/mol. The molecule has 0 aromatic heterocycles. The number of aryl methyl sites for hydroxylation is 1. The molecule has 226 valence electrons. The second-order valence-corrected chi connectivity index (χ2v) is 12.2. The molecule has 1 N–H and O–H groups in total. The molecule has 0 aliphatic carbocycles. The summed E-state index contributed by atoms with van der Waals surface area (Å²) in [6.45, 7) is 6.76. The Morgan fingerprint density at radius 2 is 1.60 bits per heavy atom. The van der Waals surface area contributed by atoms with Crippen molar-refractivity contribution >= 4 is 39.1 Å². The lowest BCUT2D eigenvalue weighted by atomic mass is 10.1. The van der Waals surface area contributed by atoms with E-state index in [9.17, 15) is 18.0 Å². The van der Waals surface area contributed by atoms with Crippen LogP contribution in [0.3, 0.4) is 0 Å². The summed E-state index contributed by atoms with van der Waals surface area (Å²) >= 11 is 6.42. The van der Waals surface area contributed by atoms with E-state index in [2.05, 4.69) is 5.32 Å². The average Bonchev–Trinajstić information content (AvgIpc) is 2.98. The molecule has 3 aromatic carbocycles. The predicted molar refractivity (Wildman–Crippen MR) is 165 cm³/mol. The molecule has 0 saturated heterocycles. The molecule has 2 amide bonds. The summed E-state index contributed by atoms with van der Waals surface area (Å²) in [6, 6.07) is 17.0. The van der Waals surface area contributed by atoms with Crippen molar-refractivity contribution in [2.24, 2.45) is 0 Å². The Morgan fingerprint density at radius 1 is 0.952 bits per heavy atom. The van der Waals surface area contributed by atoms with Crippen LogP contribution in [-0.2, 0) is 26.2 Å². The highest BCUT2D eigenvalue weighted by Crippen LogP contribution is 2.32. The number of anilines is 1. The van der Waals surface area contributed by atoms with Gasteiger partial charge in [-0.05, 0) is 63.1 Å². The molecule has 0 unspecified atom stereocenters. The minimum Gasteiger partial charge on any atom is -0.493 e. The first-order valence-electron chi connectivity index (χ1n) is 13.6. The maximum atomic E-state index is 14.1. The van der Waals surface area contributed by atoms with E-state index in [0.717, 1.165) is 9.87 Å². The maximum Gasteiger partial charge on any atom is 0.264 e. The van der Waals surface area contributed by atoms with E-state index in [1.54, 1.807) is 55.5 Å². The van der Waals surface area contributed by atoms with E-state index in [1.165, 1.54) is 37.3 Å². The van der Waals surface area contributed by atoms with E-state index in [4.69, 9.17) is 21.1 Å². The molecule has 42 heavy (non-hydrogen) atoms. The summed E-state index contributed by atoms with van der Waals surface area (Å²) in [7, 11) is -1.41. The molecule has 0 aliphatic heterocycles. The molecule has 0 heterocycles. The van der Waals surface area contributed by atoms with Gasteiger partial charge in [0.25, 0.3) is 10.0 Å². The van der Waals surface area contributed by atoms with E-state index in [0.29, 0.717) is 22.8 Å². The number of carbonyl (C=O) groups excluding carboxylic acids is 2. The summed E-state index contributed by atoms with van der Waals surface area (Å²) in [5.74, 6) is -0.341.